The summed E-state index contributed by atoms with van der Waals surface area (Å²) in [4.78, 5) is 72.4. The van der Waals surface area contributed by atoms with Crippen molar-refractivity contribution in [3.8, 4) is 0 Å². The highest BCUT2D eigenvalue weighted by molar-refractivity contribution is 6.29. The number of carbonyl (C=O) groups excluding carboxylic acids is 5. The number of amides is 4. The fourth-order valence-electron chi connectivity index (χ4n) is 6.46. The molecule has 4 aliphatic rings. The average molecular weight is 648 g/mol. The molecule has 3 unspecified atom stereocenters. The molecule has 3 fully saturated rings. The molecule has 46 heavy (non-hydrogen) atoms. The van der Waals surface area contributed by atoms with E-state index in [0.29, 0.717) is 64.2 Å². The summed E-state index contributed by atoms with van der Waals surface area (Å²) in [6, 6.07) is -2.37. The summed E-state index contributed by atoms with van der Waals surface area (Å²) >= 11 is 0. The summed E-state index contributed by atoms with van der Waals surface area (Å²) in [5.74, 6) is -1.06. The van der Waals surface area contributed by atoms with Gasteiger partial charge in [0.05, 0.1) is 25.0 Å². The van der Waals surface area contributed by atoms with Crippen molar-refractivity contribution in [2.45, 2.75) is 129 Å². The molecule has 0 aromatic carbocycles. The summed E-state index contributed by atoms with van der Waals surface area (Å²) in [5.41, 5.74) is -0.895. The van der Waals surface area contributed by atoms with Gasteiger partial charge in [0.25, 0.3) is 5.91 Å². The SMILES string of the molecule is CCCCOC(C(=O)NC1CC1)[C@H](CCC)NC(=O)C1C[C@@]2(CN=C(C=O)C2)CN1C(=O)C(NC(=O)O[C@H]1CCOC1)C(C)(C)C. The van der Waals surface area contributed by atoms with Crippen molar-refractivity contribution in [1.82, 2.24) is 20.9 Å². The van der Waals surface area contributed by atoms with E-state index in [9.17, 15) is 24.0 Å². The van der Waals surface area contributed by atoms with E-state index in [1.54, 1.807) is 0 Å². The smallest absolute Gasteiger partial charge is 0.408 e. The monoisotopic (exact) mass is 647 g/mol. The van der Waals surface area contributed by atoms with Crippen LogP contribution in [0.15, 0.2) is 4.99 Å². The lowest BCUT2D eigenvalue weighted by molar-refractivity contribution is -0.144. The van der Waals surface area contributed by atoms with Gasteiger partial charge >= 0.3 is 6.09 Å². The first-order valence-corrected chi connectivity index (χ1v) is 17.0. The quantitative estimate of drug-likeness (QED) is 0.180. The second-order valence-corrected chi connectivity index (χ2v) is 14.5. The minimum atomic E-state index is -0.999. The van der Waals surface area contributed by atoms with Crippen molar-refractivity contribution in [3.05, 3.63) is 0 Å². The van der Waals surface area contributed by atoms with Crippen LogP contribution in [0, 0.1) is 10.8 Å². The Labute approximate surface area is 272 Å². The maximum Gasteiger partial charge on any atom is 0.408 e. The Morgan fingerprint density at radius 1 is 1.13 bits per heavy atom. The molecule has 0 aromatic heterocycles. The Morgan fingerprint density at radius 2 is 1.89 bits per heavy atom. The van der Waals surface area contributed by atoms with E-state index in [0.717, 1.165) is 32.0 Å². The zero-order valence-corrected chi connectivity index (χ0v) is 28.1. The van der Waals surface area contributed by atoms with E-state index >= 15 is 0 Å². The molecule has 1 saturated carbocycles. The van der Waals surface area contributed by atoms with Crippen LogP contribution in [0.3, 0.4) is 0 Å². The van der Waals surface area contributed by atoms with E-state index in [2.05, 4.69) is 20.9 Å². The fraction of sp³-hybridized carbons (Fsp3) is 0.818. The number of ether oxygens (including phenoxy) is 3. The number of alkyl carbamates (subject to hydrolysis) is 1. The summed E-state index contributed by atoms with van der Waals surface area (Å²) < 4.78 is 16.9. The van der Waals surface area contributed by atoms with Crippen molar-refractivity contribution in [2.75, 3.05) is 32.9 Å². The molecule has 13 heteroatoms. The van der Waals surface area contributed by atoms with Crippen molar-refractivity contribution < 1.29 is 38.2 Å². The third-order valence-electron chi connectivity index (χ3n) is 9.21. The number of aliphatic imine (C=N–C) groups is 1. The molecular formula is C33H53N5O8. The van der Waals surface area contributed by atoms with Gasteiger partial charge in [-0.3, -0.25) is 24.2 Å². The molecule has 3 heterocycles. The van der Waals surface area contributed by atoms with Crippen LogP contribution in [0.5, 0.6) is 0 Å². The molecule has 4 amide bonds. The van der Waals surface area contributed by atoms with Crippen LogP contribution in [0.2, 0.25) is 0 Å². The highest BCUT2D eigenvalue weighted by Gasteiger charge is 2.53. The zero-order chi connectivity index (χ0) is 33.5. The number of likely N-dealkylation sites (tertiary alicyclic amines) is 1. The predicted molar refractivity (Wildman–Crippen MR) is 170 cm³/mol. The normalized spacial score (nSPS) is 26.3. The molecule has 2 saturated heterocycles. The van der Waals surface area contributed by atoms with E-state index < -0.39 is 53.0 Å². The topological polar surface area (TPSA) is 165 Å². The molecule has 0 radical (unpaired) electrons. The highest BCUT2D eigenvalue weighted by Crippen LogP contribution is 2.42. The van der Waals surface area contributed by atoms with Crippen molar-refractivity contribution in [3.63, 3.8) is 0 Å². The van der Waals surface area contributed by atoms with Gasteiger partial charge in [-0.2, -0.15) is 0 Å². The van der Waals surface area contributed by atoms with Gasteiger partial charge < -0.3 is 35.1 Å². The van der Waals surface area contributed by atoms with E-state index in [1.807, 2.05) is 34.6 Å². The summed E-state index contributed by atoms with van der Waals surface area (Å²) in [6.45, 7) is 11.3. The summed E-state index contributed by atoms with van der Waals surface area (Å²) in [7, 11) is 0. The molecule has 258 valence electrons. The van der Waals surface area contributed by atoms with Crippen molar-refractivity contribution >= 4 is 35.8 Å². The number of unbranched alkanes of at least 4 members (excludes halogenated alkanes) is 1. The molecule has 3 aliphatic heterocycles. The predicted octanol–water partition coefficient (Wildman–Crippen LogP) is 2.30. The number of rotatable bonds is 15. The van der Waals surface area contributed by atoms with Crippen LogP contribution in [0.1, 0.15) is 92.4 Å². The van der Waals surface area contributed by atoms with E-state index in [1.165, 1.54) is 4.90 Å². The highest BCUT2D eigenvalue weighted by atomic mass is 16.6. The van der Waals surface area contributed by atoms with Gasteiger partial charge in [0.1, 0.15) is 18.2 Å². The first-order chi connectivity index (χ1) is 21.9. The first kappa shape index (κ1) is 35.8. The molecule has 1 aliphatic carbocycles. The van der Waals surface area contributed by atoms with Gasteiger partial charge in [-0.05, 0) is 37.5 Å². The lowest BCUT2D eigenvalue weighted by Crippen LogP contribution is -2.60. The minimum absolute atomic E-state index is 0.134. The number of nitrogens with one attached hydrogen (secondary N) is 3. The Balaban J connectivity index is 1.57. The minimum Gasteiger partial charge on any atom is -0.444 e. The molecule has 0 aromatic rings. The van der Waals surface area contributed by atoms with Gasteiger partial charge in [0.2, 0.25) is 11.8 Å². The number of nitrogens with zero attached hydrogens (tertiary/aromatic N) is 2. The third kappa shape index (κ3) is 9.27. The van der Waals surface area contributed by atoms with Gasteiger partial charge in [-0.15, -0.1) is 0 Å². The molecule has 6 atom stereocenters. The third-order valence-corrected chi connectivity index (χ3v) is 9.21. The Hall–Kier alpha value is -3.06. The van der Waals surface area contributed by atoms with Crippen LogP contribution in [-0.2, 0) is 33.4 Å². The second kappa shape index (κ2) is 15.7. The number of hydrogen-bond donors (Lipinski definition) is 3. The van der Waals surface area contributed by atoms with Crippen LogP contribution in [0.4, 0.5) is 4.79 Å². The lowest BCUT2D eigenvalue weighted by atomic mass is 9.82. The molecule has 1 spiro atoms. The number of aldehydes is 1. The Kier molecular flexibility index (Phi) is 12.2. The van der Waals surface area contributed by atoms with Crippen molar-refractivity contribution in [1.29, 1.82) is 0 Å². The van der Waals surface area contributed by atoms with Crippen LogP contribution in [0.25, 0.3) is 0 Å². The Bertz CT molecular complexity index is 1150. The molecule has 13 nitrogen and oxygen atoms in total. The average Bonchev–Trinajstić information content (AvgIpc) is 3.36. The molecule has 3 N–H and O–H groups in total. The molecule has 4 rings (SSSR count). The number of hydrogen-bond acceptors (Lipinski definition) is 9. The molecule has 0 bridgehead atoms. The van der Waals surface area contributed by atoms with Crippen molar-refractivity contribution in [2.24, 2.45) is 15.8 Å². The second-order valence-electron chi connectivity index (χ2n) is 14.5. The van der Waals surface area contributed by atoms with Gasteiger partial charge in [0, 0.05) is 44.0 Å². The standard InChI is InChI=1S/C33H53N5O8/c1-6-8-13-45-26(29(41)35-21-10-11-21)24(9-7-2)36-28(40)25-16-33(15-22(17-39)34-19-33)20-38(25)30(42)27(32(3,4)5)37-31(43)46-23-12-14-44-18-23/h17,21,23-27H,6-16,18-20H2,1-5H3,(H,35,41)(H,36,40)(H,37,43)/t23-,24-,25?,26?,27?,33-/m0/s1. The van der Waals surface area contributed by atoms with E-state index in [4.69, 9.17) is 14.2 Å². The maximum atomic E-state index is 14.4. The summed E-state index contributed by atoms with van der Waals surface area (Å²) in [6.07, 6.45) is 4.72. The summed E-state index contributed by atoms with van der Waals surface area (Å²) in [5, 5.41) is 8.89. The van der Waals surface area contributed by atoms with Gasteiger partial charge in [-0.25, -0.2) is 4.79 Å². The van der Waals surface area contributed by atoms with Crippen LogP contribution in [-0.4, -0.2) is 110 Å². The lowest BCUT2D eigenvalue weighted by Gasteiger charge is -2.36. The number of carbonyl (C=O) groups is 5. The zero-order valence-electron chi connectivity index (χ0n) is 28.1. The van der Waals surface area contributed by atoms with Crippen LogP contribution >= 0.6 is 0 Å². The van der Waals surface area contributed by atoms with Crippen LogP contribution < -0.4 is 16.0 Å². The van der Waals surface area contributed by atoms with E-state index in [-0.39, 0.29) is 24.6 Å². The Morgan fingerprint density at radius 3 is 2.48 bits per heavy atom. The van der Waals surface area contributed by atoms with Gasteiger partial charge in [0.15, 0.2) is 12.4 Å². The van der Waals surface area contributed by atoms with Gasteiger partial charge in [-0.1, -0.05) is 47.5 Å². The largest absolute Gasteiger partial charge is 0.444 e. The maximum absolute atomic E-state index is 14.4. The first-order valence-electron chi connectivity index (χ1n) is 17.0. The fourth-order valence-corrected chi connectivity index (χ4v) is 6.46. The molecular weight excluding hydrogens is 594 g/mol.